The van der Waals surface area contributed by atoms with Gasteiger partial charge in [0.15, 0.2) is 0 Å². The van der Waals surface area contributed by atoms with Crippen LogP contribution in [0.15, 0.2) is 72.8 Å². The van der Waals surface area contributed by atoms with Crippen LogP contribution in [-0.2, 0) is 13.0 Å². The molecule has 3 aromatic rings. The quantitative estimate of drug-likeness (QED) is 0.553. The highest BCUT2D eigenvalue weighted by molar-refractivity contribution is 6.21. The summed E-state index contributed by atoms with van der Waals surface area (Å²) in [7, 11) is 0. The molecular weight excluding hydrogens is 404 g/mol. The molecule has 0 aromatic heterocycles. The number of hydrogen-bond donors (Lipinski definition) is 1. The molecule has 0 spiro atoms. The lowest BCUT2D eigenvalue weighted by Crippen LogP contribution is -2.29. The van der Waals surface area contributed by atoms with Crippen molar-refractivity contribution in [1.29, 1.82) is 0 Å². The summed E-state index contributed by atoms with van der Waals surface area (Å²) in [6.45, 7) is 2.84. The molecule has 1 heterocycles. The maximum atomic E-state index is 12.9. The van der Waals surface area contributed by atoms with Gasteiger partial charge in [0.05, 0.1) is 29.8 Å². The second kappa shape index (κ2) is 9.47. The average molecular weight is 428 g/mol. The monoisotopic (exact) mass is 428 g/mol. The average Bonchev–Trinajstić information content (AvgIpc) is 3.06. The van der Waals surface area contributed by atoms with Crippen LogP contribution in [0.25, 0.3) is 0 Å². The van der Waals surface area contributed by atoms with E-state index >= 15 is 0 Å². The number of ether oxygens (including phenoxy) is 1. The fraction of sp³-hybridized carbons (Fsp3) is 0.192. The molecule has 32 heavy (non-hydrogen) atoms. The Kier molecular flexibility index (Phi) is 6.31. The zero-order chi connectivity index (χ0) is 22.5. The highest BCUT2D eigenvalue weighted by Crippen LogP contribution is 2.26. The summed E-state index contributed by atoms with van der Waals surface area (Å²) >= 11 is 0. The Morgan fingerprint density at radius 1 is 0.875 bits per heavy atom. The second-order valence-corrected chi connectivity index (χ2v) is 7.50. The van der Waals surface area contributed by atoms with E-state index in [4.69, 9.17) is 4.74 Å². The standard InChI is InChI=1S/C26H24N2O4/c1-2-32-23-13-12-19(17-28-25(30)20-10-6-7-11-21(20)26(28)31)16-22(23)24(29)27-15-14-18-8-4-3-5-9-18/h3-13,16H,2,14-15,17H2,1H3,(H,27,29). The molecule has 1 N–H and O–H groups in total. The topological polar surface area (TPSA) is 75.7 Å². The summed E-state index contributed by atoms with van der Waals surface area (Å²) in [6, 6.07) is 21.9. The molecule has 0 unspecified atom stereocenters. The lowest BCUT2D eigenvalue weighted by molar-refractivity contribution is 0.0642. The molecule has 0 radical (unpaired) electrons. The van der Waals surface area contributed by atoms with Crippen molar-refractivity contribution in [2.24, 2.45) is 0 Å². The first kappa shape index (κ1) is 21.3. The highest BCUT2D eigenvalue weighted by Gasteiger charge is 2.35. The maximum Gasteiger partial charge on any atom is 0.261 e. The molecule has 4 rings (SSSR count). The number of hydrogen-bond acceptors (Lipinski definition) is 4. The Bertz CT molecular complexity index is 1120. The van der Waals surface area contributed by atoms with E-state index in [9.17, 15) is 14.4 Å². The van der Waals surface area contributed by atoms with Crippen LogP contribution in [0.3, 0.4) is 0 Å². The fourth-order valence-electron chi connectivity index (χ4n) is 3.76. The van der Waals surface area contributed by atoms with Gasteiger partial charge in [-0.1, -0.05) is 48.5 Å². The van der Waals surface area contributed by atoms with Gasteiger partial charge in [0.2, 0.25) is 0 Å². The molecule has 0 saturated carbocycles. The summed E-state index contributed by atoms with van der Waals surface area (Å²) in [6.07, 6.45) is 0.714. The summed E-state index contributed by atoms with van der Waals surface area (Å²) in [5, 5.41) is 2.93. The van der Waals surface area contributed by atoms with E-state index in [-0.39, 0.29) is 24.3 Å². The number of rotatable bonds is 8. The van der Waals surface area contributed by atoms with Crippen LogP contribution >= 0.6 is 0 Å². The largest absolute Gasteiger partial charge is 0.493 e. The number of carbonyl (C=O) groups excluding carboxylic acids is 3. The summed E-state index contributed by atoms with van der Waals surface area (Å²) in [4.78, 5) is 39.4. The molecule has 1 aliphatic rings. The van der Waals surface area contributed by atoms with Crippen molar-refractivity contribution in [3.8, 4) is 5.75 Å². The van der Waals surface area contributed by atoms with Gasteiger partial charge in [-0.25, -0.2) is 0 Å². The zero-order valence-electron chi connectivity index (χ0n) is 17.8. The number of nitrogens with zero attached hydrogens (tertiary/aromatic N) is 1. The SMILES string of the molecule is CCOc1ccc(CN2C(=O)c3ccccc3C2=O)cc1C(=O)NCCc1ccccc1. The Balaban J connectivity index is 1.50. The number of benzene rings is 3. The molecular formula is C26H24N2O4. The van der Waals surface area contributed by atoms with Gasteiger partial charge in [-0.3, -0.25) is 19.3 Å². The number of carbonyl (C=O) groups is 3. The van der Waals surface area contributed by atoms with E-state index in [0.29, 0.717) is 47.6 Å². The molecule has 6 heteroatoms. The van der Waals surface area contributed by atoms with Crippen molar-refractivity contribution in [3.05, 3.63) is 101 Å². The minimum absolute atomic E-state index is 0.0864. The van der Waals surface area contributed by atoms with Gasteiger partial charge in [0.1, 0.15) is 5.75 Å². The van der Waals surface area contributed by atoms with E-state index in [1.807, 2.05) is 37.3 Å². The van der Waals surface area contributed by atoms with Crippen molar-refractivity contribution in [2.45, 2.75) is 19.9 Å². The molecule has 0 aliphatic carbocycles. The van der Waals surface area contributed by atoms with E-state index < -0.39 is 0 Å². The molecule has 162 valence electrons. The van der Waals surface area contributed by atoms with Gasteiger partial charge < -0.3 is 10.1 Å². The third-order valence-electron chi connectivity index (χ3n) is 5.35. The first-order valence-corrected chi connectivity index (χ1v) is 10.6. The Labute approximate surface area is 186 Å². The second-order valence-electron chi connectivity index (χ2n) is 7.50. The maximum absolute atomic E-state index is 12.9. The van der Waals surface area contributed by atoms with Gasteiger partial charge in [0, 0.05) is 6.54 Å². The number of amides is 3. The van der Waals surface area contributed by atoms with Gasteiger partial charge in [-0.2, -0.15) is 0 Å². The fourth-order valence-corrected chi connectivity index (χ4v) is 3.76. The zero-order valence-corrected chi connectivity index (χ0v) is 17.8. The lowest BCUT2D eigenvalue weighted by Gasteiger charge is -2.16. The minimum atomic E-state index is -0.326. The number of fused-ring (bicyclic) bond motifs is 1. The van der Waals surface area contributed by atoms with Crippen LogP contribution in [0.4, 0.5) is 0 Å². The Hall–Kier alpha value is -3.93. The highest BCUT2D eigenvalue weighted by atomic mass is 16.5. The Morgan fingerprint density at radius 2 is 1.53 bits per heavy atom. The normalized spacial score (nSPS) is 12.6. The number of nitrogens with one attached hydrogen (secondary N) is 1. The number of imide groups is 1. The van der Waals surface area contributed by atoms with Crippen molar-refractivity contribution in [1.82, 2.24) is 10.2 Å². The summed E-state index contributed by atoms with van der Waals surface area (Å²) in [5.74, 6) is -0.439. The van der Waals surface area contributed by atoms with Crippen molar-refractivity contribution in [3.63, 3.8) is 0 Å². The van der Waals surface area contributed by atoms with Gasteiger partial charge in [0.25, 0.3) is 17.7 Å². The van der Waals surface area contributed by atoms with Crippen LogP contribution in [0.5, 0.6) is 5.75 Å². The Morgan fingerprint density at radius 3 is 2.19 bits per heavy atom. The van der Waals surface area contributed by atoms with Crippen LogP contribution in [-0.4, -0.2) is 35.8 Å². The first-order valence-electron chi connectivity index (χ1n) is 10.6. The molecule has 3 aromatic carbocycles. The molecule has 0 atom stereocenters. The van der Waals surface area contributed by atoms with Gasteiger partial charge in [-0.05, 0) is 48.7 Å². The van der Waals surface area contributed by atoms with Crippen molar-refractivity contribution >= 4 is 17.7 Å². The van der Waals surface area contributed by atoms with E-state index in [1.165, 1.54) is 4.90 Å². The van der Waals surface area contributed by atoms with E-state index in [1.54, 1.807) is 42.5 Å². The predicted octanol–water partition coefficient (Wildman–Crippen LogP) is 3.85. The van der Waals surface area contributed by atoms with E-state index in [2.05, 4.69) is 5.32 Å². The summed E-state index contributed by atoms with van der Waals surface area (Å²) in [5.41, 5.74) is 3.01. The van der Waals surface area contributed by atoms with Crippen LogP contribution < -0.4 is 10.1 Å². The third-order valence-corrected chi connectivity index (χ3v) is 5.35. The third kappa shape index (κ3) is 4.39. The predicted molar refractivity (Wildman–Crippen MR) is 121 cm³/mol. The van der Waals surface area contributed by atoms with Crippen LogP contribution in [0.1, 0.15) is 49.1 Å². The van der Waals surface area contributed by atoms with Gasteiger partial charge in [-0.15, -0.1) is 0 Å². The van der Waals surface area contributed by atoms with Crippen LogP contribution in [0.2, 0.25) is 0 Å². The van der Waals surface area contributed by atoms with Gasteiger partial charge >= 0.3 is 0 Å². The van der Waals surface area contributed by atoms with Crippen molar-refractivity contribution in [2.75, 3.05) is 13.2 Å². The molecule has 0 saturated heterocycles. The minimum Gasteiger partial charge on any atom is -0.493 e. The lowest BCUT2D eigenvalue weighted by atomic mass is 10.1. The molecule has 3 amide bonds. The van der Waals surface area contributed by atoms with E-state index in [0.717, 1.165) is 5.56 Å². The molecule has 0 bridgehead atoms. The van der Waals surface area contributed by atoms with Crippen LogP contribution in [0, 0.1) is 0 Å². The molecule has 1 aliphatic heterocycles. The van der Waals surface area contributed by atoms with Crippen molar-refractivity contribution < 1.29 is 19.1 Å². The summed E-state index contributed by atoms with van der Waals surface area (Å²) < 4.78 is 5.63. The molecule has 6 nitrogen and oxygen atoms in total. The molecule has 0 fully saturated rings. The first-order chi connectivity index (χ1) is 15.6. The smallest absolute Gasteiger partial charge is 0.261 e.